The minimum atomic E-state index is -0.757. The maximum absolute atomic E-state index is 11.6. The number of guanidine groups is 1. The van der Waals surface area contributed by atoms with Crippen LogP contribution in [0.25, 0.3) is 0 Å². The maximum atomic E-state index is 11.6. The Morgan fingerprint density at radius 1 is 1.39 bits per heavy atom. The number of rotatable bonds is 7. The second kappa shape index (κ2) is 7.29. The van der Waals surface area contributed by atoms with Gasteiger partial charge in [0.1, 0.15) is 19.4 Å². The summed E-state index contributed by atoms with van der Waals surface area (Å²) in [6.45, 7) is 4.05. The Morgan fingerprint density at radius 3 is 2.83 bits per heavy atom. The van der Waals surface area contributed by atoms with E-state index in [4.69, 9.17) is 20.9 Å². The van der Waals surface area contributed by atoms with Crippen LogP contribution in [0.4, 0.5) is 0 Å². The van der Waals surface area contributed by atoms with Crippen molar-refractivity contribution in [2.75, 3.05) is 19.9 Å². The first-order chi connectivity index (χ1) is 10.9. The number of ether oxygens (including phenoxy) is 2. The average Bonchev–Trinajstić information content (AvgIpc) is 2.89. The van der Waals surface area contributed by atoms with Crippen molar-refractivity contribution in [2.45, 2.75) is 25.9 Å². The van der Waals surface area contributed by atoms with Gasteiger partial charge in [-0.2, -0.15) is 9.98 Å². The predicted octanol–water partition coefficient (Wildman–Crippen LogP) is -1.55. The van der Waals surface area contributed by atoms with Crippen LogP contribution in [-0.2, 0) is 19.1 Å². The Bertz CT molecular complexity index is 571. The van der Waals surface area contributed by atoms with Crippen LogP contribution in [0, 0.1) is 5.92 Å². The predicted molar refractivity (Wildman–Crippen MR) is 82.8 cm³/mol. The van der Waals surface area contributed by atoms with Crippen LogP contribution in [0.2, 0.25) is 0 Å². The smallest absolute Gasteiger partial charge is 0.323 e. The van der Waals surface area contributed by atoms with Gasteiger partial charge in [0.25, 0.3) is 5.91 Å². The lowest BCUT2D eigenvalue weighted by atomic mass is 10.1. The van der Waals surface area contributed by atoms with Crippen LogP contribution >= 0.6 is 0 Å². The lowest BCUT2D eigenvalue weighted by Gasteiger charge is -2.19. The Labute approximate surface area is 133 Å². The quantitative estimate of drug-likeness (QED) is 0.426. The molecular weight excluding hydrogens is 304 g/mol. The van der Waals surface area contributed by atoms with E-state index in [2.05, 4.69) is 15.0 Å². The molecule has 0 radical (unpaired) electrons. The summed E-state index contributed by atoms with van der Waals surface area (Å²) in [5, 5.41) is 0. The second-order valence-electron chi connectivity index (χ2n) is 5.39. The first-order valence-corrected chi connectivity index (χ1v) is 7.16. The summed E-state index contributed by atoms with van der Waals surface area (Å²) in [6, 6.07) is -1.40. The molecule has 2 atom stereocenters. The number of esters is 1. The van der Waals surface area contributed by atoms with E-state index in [1.165, 1.54) is 6.34 Å². The molecule has 2 aliphatic rings. The Balaban J connectivity index is 1.72. The van der Waals surface area contributed by atoms with Gasteiger partial charge in [0, 0.05) is 0 Å². The molecule has 23 heavy (non-hydrogen) atoms. The lowest BCUT2D eigenvalue weighted by molar-refractivity contribution is -0.148. The van der Waals surface area contributed by atoms with Crippen molar-refractivity contribution in [1.29, 1.82) is 0 Å². The molecule has 0 aliphatic carbocycles. The maximum Gasteiger partial charge on any atom is 0.323 e. The number of hydrogen-bond acceptors (Lipinski definition) is 9. The first-order valence-electron chi connectivity index (χ1n) is 7.16. The average molecular weight is 324 g/mol. The van der Waals surface area contributed by atoms with Crippen molar-refractivity contribution in [3.05, 3.63) is 0 Å². The van der Waals surface area contributed by atoms with Crippen molar-refractivity contribution in [3.63, 3.8) is 0 Å². The molecule has 0 bridgehead atoms. The molecule has 1 amide bonds. The van der Waals surface area contributed by atoms with Gasteiger partial charge in [-0.1, -0.05) is 13.8 Å². The Morgan fingerprint density at radius 2 is 2.13 bits per heavy atom. The van der Waals surface area contributed by atoms with Crippen molar-refractivity contribution in [3.8, 4) is 0 Å². The molecule has 0 fully saturated rings. The zero-order valence-electron chi connectivity index (χ0n) is 13.0. The van der Waals surface area contributed by atoms with Crippen LogP contribution in [0.5, 0.6) is 0 Å². The summed E-state index contributed by atoms with van der Waals surface area (Å²) in [5.41, 5.74) is 11.1. The van der Waals surface area contributed by atoms with Gasteiger partial charge < -0.3 is 20.9 Å². The molecule has 10 heteroatoms. The lowest BCUT2D eigenvalue weighted by Crippen LogP contribution is -2.41. The van der Waals surface area contributed by atoms with Gasteiger partial charge in [0.15, 0.2) is 11.9 Å². The van der Waals surface area contributed by atoms with Crippen molar-refractivity contribution in [1.82, 2.24) is 4.90 Å². The third kappa shape index (κ3) is 4.11. The van der Waals surface area contributed by atoms with Crippen LogP contribution in [-0.4, -0.2) is 66.9 Å². The van der Waals surface area contributed by atoms with Gasteiger partial charge in [-0.05, 0) is 5.92 Å². The Hall–Kier alpha value is -2.33. The number of hydrogen-bond donors (Lipinski definition) is 2. The number of nitrogens with zero attached hydrogens (tertiary/aromatic N) is 4. The van der Waals surface area contributed by atoms with E-state index >= 15 is 0 Å². The molecule has 2 aliphatic heterocycles. The molecule has 0 aromatic heterocycles. The molecule has 2 unspecified atom stereocenters. The number of amides is 1. The fourth-order valence-corrected chi connectivity index (χ4v) is 1.88. The van der Waals surface area contributed by atoms with E-state index in [1.807, 2.05) is 13.8 Å². The first kappa shape index (κ1) is 17.0. The van der Waals surface area contributed by atoms with E-state index in [-0.39, 0.29) is 31.8 Å². The van der Waals surface area contributed by atoms with E-state index in [9.17, 15) is 9.59 Å². The second-order valence-corrected chi connectivity index (χ2v) is 5.39. The molecule has 0 aromatic rings. The van der Waals surface area contributed by atoms with Crippen LogP contribution in [0.1, 0.15) is 13.8 Å². The monoisotopic (exact) mass is 324 g/mol. The van der Waals surface area contributed by atoms with Crippen molar-refractivity contribution < 1.29 is 19.1 Å². The standard InChI is InChI=1S/C13H20N6O4/c1-7(2)8(14)12(21)23-4-3-22-6-19-5-16-9-10(19)17-13(15)18-11(9)20/h5,7-9H,3-4,6,14H2,1-2H3,(H2,15,18,20). The summed E-state index contributed by atoms with van der Waals surface area (Å²) in [5.74, 6) is -0.634. The highest BCUT2D eigenvalue weighted by molar-refractivity contribution is 6.21. The van der Waals surface area contributed by atoms with Gasteiger partial charge in [-0.25, -0.2) is 0 Å². The fraction of sp³-hybridized carbons (Fsp3) is 0.615. The molecule has 2 heterocycles. The summed E-state index contributed by atoms with van der Waals surface area (Å²) in [7, 11) is 0. The number of carbonyl (C=O) groups excluding carboxylic acids is 2. The topological polar surface area (TPSA) is 145 Å². The molecule has 0 saturated heterocycles. The highest BCUT2D eigenvalue weighted by Gasteiger charge is 2.35. The molecule has 0 aromatic carbocycles. The van der Waals surface area contributed by atoms with Gasteiger partial charge in [0.05, 0.1) is 12.9 Å². The number of fused-ring (bicyclic) bond motifs is 1. The molecule has 2 rings (SSSR count). The number of nitrogens with two attached hydrogens (primary N) is 2. The van der Waals surface area contributed by atoms with Gasteiger partial charge in [-0.15, -0.1) is 0 Å². The minimum absolute atomic E-state index is 0.00939. The Kier molecular flexibility index (Phi) is 5.40. The fourth-order valence-electron chi connectivity index (χ4n) is 1.88. The van der Waals surface area contributed by atoms with Gasteiger partial charge in [-0.3, -0.25) is 19.5 Å². The van der Waals surface area contributed by atoms with E-state index in [1.54, 1.807) is 4.90 Å². The van der Waals surface area contributed by atoms with Gasteiger partial charge in [0.2, 0.25) is 5.96 Å². The normalized spacial score (nSPS) is 21.1. The number of carbonyl (C=O) groups is 2. The zero-order valence-corrected chi connectivity index (χ0v) is 13.0. The van der Waals surface area contributed by atoms with Crippen molar-refractivity contribution in [2.24, 2.45) is 32.4 Å². The van der Waals surface area contributed by atoms with E-state index in [0.717, 1.165) is 0 Å². The zero-order chi connectivity index (χ0) is 17.0. The van der Waals surface area contributed by atoms with E-state index < -0.39 is 24.0 Å². The highest BCUT2D eigenvalue weighted by atomic mass is 16.6. The van der Waals surface area contributed by atoms with Crippen molar-refractivity contribution >= 4 is 30.0 Å². The largest absolute Gasteiger partial charge is 0.462 e. The summed E-state index contributed by atoms with van der Waals surface area (Å²) >= 11 is 0. The minimum Gasteiger partial charge on any atom is -0.462 e. The SMILES string of the molecule is CC(C)C(N)C(=O)OCCOCN1C=NC2C(=O)N=C(N)N=C21. The molecule has 0 spiro atoms. The van der Waals surface area contributed by atoms with E-state index in [0.29, 0.717) is 5.84 Å². The molecule has 0 saturated carbocycles. The molecule has 126 valence electrons. The number of amidine groups is 1. The summed E-state index contributed by atoms with van der Waals surface area (Å²) in [4.78, 5) is 36.2. The molecule has 4 N–H and O–H groups in total. The summed E-state index contributed by atoms with van der Waals surface area (Å²) < 4.78 is 10.4. The van der Waals surface area contributed by atoms with Crippen LogP contribution in [0.3, 0.4) is 0 Å². The van der Waals surface area contributed by atoms with Gasteiger partial charge >= 0.3 is 5.97 Å². The number of aliphatic imine (C=N–C) groups is 3. The van der Waals surface area contributed by atoms with Crippen LogP contribution in [0.15, 0.2) is 15.0 Å². The summed E-state index contributed by atoms with van der Waals surface area (Å²) in [6.07, 6.45) is 1.44. The third-order valence-corrected chi connectivity index (χ3v) is 3.27. The molecule has 10 nitrogen and oxygen atoms in total. The van der Waals surface area contributed by atoms with Crippen LogP contribution < -0.4 is 11.5 Å². The molecular formula is C13H20N6O4. The third-order valence-electron chi connectivity index (χ3n) is 3.27. The highest BCUT2D eigenvalue weighted by Crippen LogP contribution is 2.13.